The lowest BCUT2D eigenvalue weighted by Crippen LogP contribution is -2.55. The molecular weight excluding hydrogens is 340 g/mol. The van der Waals surface area contributed by atoms with E-state index in [9.17, 15) is 14.4 Å². The second kappa shape index (κ2) is 5.91. The van der Waals surface area contributed by atoms with Gasteiger partial charge < -0.3 is 4.90 Å². The lowest BCUT2D eigenvalue weighted by molar-refractivity contribution is -0.146. The fourth-order valence-corrected chi connectivity index (χ4v) is 4.57. The predicted molar refractivity (Wildman–Crippen MR) is 105 cm³/mol. The molecule has 0 N–H and O–H groups in total. The largest absolute Gasteiger partial charge is 0.325 e. The molecule has 1 aromatic rings. The van der Waals surface area contributed by atoms with Crippen LogP contribution in [0.4, 0.5) is 5.69 Å². The molecule has 2 fully saturated rings. The van der Waals surface area contributed by atoms with E-state index in [1.54, 1.807) is 29.2 Å². The molecule has 1 atom stereocenters. The Balaban J connectivity index is 1.95. The van der Waals surface area contributed by atoms with Gasteiger partial charge >= 0.3 is 0 Å². The maximum absolute atomic E-state index is 13.5. The number of hydrogen-bond acceptors (Lipinski definition) is 3. The number of para-hydroxylation sites is 1. The first kappa shape index (κ1) is 19.6. The van der Waals surface area contributed by atoms with Crippen LogP contribution < -0.4 is 4.90 Å². The average molecular weight is 370 g/mol. The third-order valence-electron chi connectivity index (χ3n) is 6.68. The van der Waals surface area contributed by atoms with E-state index in [-0.39, 0.29) is 40.9 Å². The van der Waals surface area contributed by atoms with Crippen molar-refractivity contribution in [3.8, 4) is 0 Å². The minimum atomic E-state index is -0.752. The maximum atomic E-state index is 13.5. The van der Waals surface area contributed by atoms with E-state index in [4.69, 9.17) is 0 Å². The highest BCUT2D eigenvalue weighted by atomic mass is 16.2. The van der Waals surface area contributed by atoms with E-state index in [1.807, 2.05) is 26.8 Å². The SMILES string of the molecule is CC(C)(C)N(C(=O)C1C(C)(C)C1(C)C)C1CC(=O)N(c2ccccc2)C1=O. The number of imide groups is 1. The number of benzene rings is 1. The molecule has 3 rings (SSSR count). The third kappa shape index (κ3) is 2.88. The molecular formula is C22H30N2O3. The van der Waals surface area contributed by atoms with Gasteiger partial charge in [0.2, 0.25) is 11.8 Å². The van der Waals surface area contributed by atoms with Crippen LogP contribution in [-0.2, 0) is 14.4 Å². The third-order valence-corrected chi connectivity index (χ3v) is 6.68. The van der Waals surface area contributed by atoms with Gasteiger partial charge in [-0.2, -0.15) is 0 Å². The molecule has 1 unspecified atom stereocenters. The van der Waals surface area contributed by atoms with Crippen LogP contribution in [0.2, 0.25) is 0 Å². The van der Waals surface area contributed by atoms with Crippen LogP contribution in [-0.4, -0.2) is 34.2 Å². The van der Waals surface area contributed by atoms with Gasteiger partial charge in [-0.25, -0.2) is 4.90 Å². The second-order valence-electron chi connectivity index (χ2n) is 9.88. The lowest BCUT2D eigenvalue weighted by Gasteiger charge is -2.39. The van der Waals surface area contributed by atoms with E-state index >= 15 is 0 Å². The molecule has 2 aliphatic rings. The van der Waals surface area contributed by atoms with Gasteiger partial charge in [0.05, 0.1) is 12.1 Å². The zero-order valence-electron chi connectivity index (χ0n) is 17.4. The van der Waals surface area contributed by atoms with E-state index < -0.39 is 11.6 Å². The lowest BCUT2D eigenvalue weighted by atomic mass is 9.98. The summed E-state index contributed by atoms with van der Waals surface area (Å²) in [4.78, 5) is 42.2. The Hall–Kier alpha value is -2.17. The van der Waals surface area contributed by atoms with Gasteiger partial charge in [-0.15, -0.1) is 0 Å². The van der Waals surface area contributed by atoms with E-state index in [0.717, 1.165) is 0 Å². The van der Waals surface area contributed by atoms with Gasteiger partial charge in [0.25, 0.3) is 5.91 Å². The van der Waals surface area contributed by atoms with Gasteiger partial charge in [-0.05, 0) is 43.7 Å². The molecule has 3 amide bonds. The van der Waals surface area contributed by atoms with Gasteiger partial charge in [0, 0.05) is 11.5 Å². The summed E-state index contributed by atoms with van der Waals surface area (Å²) >= 11 is 0. The molecule has 27 heavy (non-hydrogen) atoms. The van der Waals surface area contributed by atoms with Crippen molar-refractivity contribution in [2.75, 3.05) is 4.90 Å². The average Bonchev–Trinajstić information content (AvgIpc) is 2.77. The Morgan fingerprint density at radius 3 is 2.00 bits per heavy atom. The first-order valence-corrected chi connectivity index (χ1v) is 9.57. The van der Waals surface area contributed by atoms with Crippen molar-refractivity contribution >= 4 is 23.4 Å². The molecule has 1 saturated carbocycles. The molecule has 0 aromatic heterocycles. The van der Waals surface area contributed by atoms with Crippen LogP contribution >= 0.6 is 0 Å². The van der Waals surface area contributed by atoms with Crippen molar-refractivity contribution in [2.24, 2.45) is 16.7 Å². The topological polar surface area (TPSA) is 57.7 Å². The normalized spacial score (nSPS) is 24.3. The second-order valence-corrected chi connectivity index (χ2v) is 9.88. The smallest absolute Gasteiger partial charge is 0.257 e. The number of anilines is 1. The van der Waals surface area contributed by atoms with Crippen molar-refractivity contribution in [2.45, 2.75) is 66.5 Å². The predicted octanol–water partition coefficient (Wildman–Crippen LogP) is 3.63. The van der Waals surface area contributed by atoms with Crippen LogP contribution in [0, 0.1) is 16.7 Å². The molecule has 1 aliphatic carbocycles. The maximum Gasteiger partial charge on any atom is 0.257 e. The molecule has 5 heteroatoms. The molecule has 0 spiro atoms. The molecule has 5 nitrogen and oxygen atoms in total. The fourth-order valence-electron chi connectivity index (χ4n) is 4.57. The number of hydrogen-bond donors (Lipinski definition) is 0. The number of rotatable bonds is 3. The van der Waals surface area contributed by atoms with Crippen LogP contribution in [0.5, 0.6) is 0 Å². The number of nitrogens with zero attached hydrogens (tertiary/aromatic N) is 2. The van der Waals surface area contributed by atoms with Crippen molar-refractivity contribution in [3.05, 3.63) is 30.3 Å². The molecule has 1 aliphatic heterocycles. The highest BCUT2D eigenvalue weighted by Crippen LogP contribution is 2.69. The van der Waals surface area contributed by atoms with Gasteiger partial charge in [0.15, 0.2) is 0 Å². The first-order valence-electron chi connectivity index (χ1n) is 9.57. The van der Waals surface area contributed by atoms with Gasteiger partial charge in [0.1, 0.15) is 6.04 Å². The standard InChI is InChI=1S/C22H30N2O3/c1-20(2,3)24(19(27)17-21(4,5)22(17,6)7)15-13-16(25)23(18(15)26)14-11-9-8-10-12-14/h8-12,15,17H,13H2,1-7H3. The fraction of sp³-hybridized carbons (Fsp3) is 0.591. The highest BCUT2D eigenvalue weighted by molar-refractivity contribution is 6.23. The Kier molecular flexibility index (Phi) is 4.29. The Bertz CT molecular complexity index is 776. The van der Waals surface area contributed by atoms with E-state index in [2.05, 4.69) is 27.7 Å². The van der Waals surface area contributed by atoms with Crippen LogP contribution in [0.15, 0.2) is 30.3 Å². The first-order chi connectivity index (χ1) is 12.3. The molecule has 1 saturated heterocycles. The minimum absolute atomic E-state index is 0.0291. The summed E-state index contributed by atoms with van der Waals surface area (Å²) in [5, 5.41) is 0. The summed E-state index contributed by atoms with van der Waals surface area (Å²) in [7, 11) is 0. The zero-order valence-corrected chi connectivity index (χ0v) is 17.4. The molecule has 146 valence electrons. The molecule has 1 heterocycles. The van der Waals surface area contributed by atoms with Crippen molar-refractivity contribution in [3.63, 3.8) is 0 Å². The van der Waals surface area contributed by atoms with Crippen molar-refractivity contribution < 1.29 is 14.4 Å². The highest BCUT2D eigenvalue weighted by Gasteiger charge is 2.70. The summed E-state index contributed by atoms with van der Waals surface area (Å²) in [6.45, 7) is 14.1. The summed E-state index contributed by atoms with van der Waals surface area (Å²) in [6.07, 6.45) is 0.0321. The Labute approximate surface area is 161 Å². The van der Waals surface area contributed by atoms with E-state index in [0.29, 0.717) is 5.69 Å². The Morgan fingerprint density at radius 2 is 1.56 bits per heavy atom. The Morgan fingerprint density at radius 1 is 1.04 bits per heavy atom. The van der Waals surface area contributed by atoms with Gasteiger partial charge in [-0.3, -0.25) is 14.4 Å². The molecule has 0 radical (unpaired) electrons. The summed E-state index contributed by atoms with van der Waals surface area (Å²) in [6, 6.07) is 8.17. The number of carbonyl (C=O) groups is 3. The van der Waals surface area contributed by atoms with Gasteiger partial charge in [-0.1, -0.05) is 45.9 Å². The van der Waals surface area contributed by atoms with E-state index in [1.165, 1.54) is 4.90 Å². The van der Waals surface area contributed by atoms with Crippen LogP contribution in [0.3, 0.4) is 0 Å². The number of amides is 3. The summed E-state index contributed by atoms with van der Waals surface area (Å²) in [5.41, 5.74) is -0.251. The van der Waals surface area contributed by atoms with Crippen LogP contribution in [0.25, 0.3) is 0 Å². The van der Waals surface area contributed by atoms with Crippen molar-refractivity contribution in [1.29, 1.82) is 0 Å². The zero-order chi connectivity index (χ0) is 20.4. The molecule has 0 bridgehead atoms. The number of carbonyl (C=O) groups excluding carboxylic acids is 3. The van der Waals surface area contributed by atoms with Crippen LogP contribution in [0.1, 0.15) is 54.9 Å². The quantitative estimate of drug-likeness (QED) is 0.764. The summed E-state index contributed by atoms with van der Waals surface area (Å²) < 4.78 is 0. The monoisotopic (exact) mass is 370 g/mol. The summed E-state index contributed by atoms with van der Waals surface area (Å²) in [5.74, 6) is -0.755. The minimum Gasteiger partial charge on any atom is -0.325 e. The van der Waals surface area contributed by atoms with Crippen molar-refractivity contribution in [1.82, 2.24) is 4.90 Å². The molecule has 1 aromatic carbocycles.